The van der Waals surface area contributed by atoms with Crippen LogP contribution >= 0.6 is 0 Å². The molecule has 1 aliphatic rings. The summed E-state index contributed by atoms with van der Waals surface area (Å²) in [5.41, 5.74) is 3.18. The molecule has 126 valence electrons. The van der Waals surface area contributed by atoms with Crippen LogP contribution in [0.25, 0.3) is 0 Å². The molecule has 1 aromatic rings. The first kappa shape index (κ1) is 17.5. The number of anilines is 1. The highest BCUT2D eigenvalue weighted by Gasteiger charge is 2.21. The third kappa shape index (κ3) is 4.81. The zero-order valence-electron chi connectivity index (χ0n) is 14.3. The SMILES string of the molecule is CCc1cccc(CC)c1NC(=O)CNC(=O)C1CCCCC1. The predicted molar refractivity (Wildman–Crippen MR) is 93.4 cm³/mol. The Morgan fingerprint density at radius 1 is 1.04 bits per heavy atom. The van der Waals surface area contributed by atoms with E-state index >= 15 is 0 Å². The summed E-state index contributed by atoms with van der Waals surface area (Å²) in [7, 11) is 0. The Labute approximate surface area is 139 Å². The molecule has 2 rings (SSSR count). The van der Waals surface area contributed by atoms with Gasteiger partial charge in [0.15, 0.2) is 0 Å². The molecule has 0 spiro atoms. The fraction of sp³-hybridized carbons (Fsp3) is 0.579. The Morgan fingerprint density at radius 2 is 1.65 bits per heavy atom. The Bertz CT molecular complexity index is 526. The maximum absolute atomic E-state index is 12.2. The molecule has 0 saturated heterocycles. The van der Waals surface area contributed by atoms with Gasteiger partial charge < -0.3 is 10.6 Å². The van der Waals surface area contributed by atoms with Crippen molar-refractivity contribution in [1.82, 2.24) is 5.32 Å². The van der Waals surface area contributed by atoms with Gasteiger partial charge in [0.25, 0.3) is 0 Å². The van der Waals surface area contributed by atoms with E-state index < -0.39 is 0 Å². The molecule has 0 bridgehead atoms. The van der Waals surface area contributed by atoms with Crippen LogP contribution in [0.2, 0.25) is 0 Å². The van der Waals surface area contributed by atoms with Crippen molar-refractivity contribution in [1.29, 1.82) is 0 Å². The van der Waals surface area contributed by atoms with E-state index in [1.807, 2.05) is 18.2 Å². The summed E-state index contributed by atoms with van der Waals surface area (Å²) in [4.78, 5) is 24.3. The van der Waals surface area contributed by atoms with Crippen LogP contribution in [0.1, 0.15) is 57.1 Å². The van der Waals surface area contributed by atoms with Gasteiger partial charge in [-0.15, -0.1) is 0 Å². The first-order valence-electron chi connectivity index (χ1n) is 8.84. The zero-order chi connectivity index (χ0) is 16.7. The van der Waals surface area contributed by atoms with E-state index in [0.717, 1.165) is 55.3 Å². The van der Waals surface area contributed by atoms with Crippen LogP contribution in [0.4, 0.5) is 5.69 Å². The Hall–Kier alpha value is -1.84. The number of nitrogens with one attached hydrogen (secondary N) is 2. The number of benzene rings is 1. The Kier molecular flexibility index (Phi) is 6.63. The van der Waals surface area contributed by atoms with E-state index in [0.29, 0.717) is 0 Å². The van der Waals surface area contributed by atoms with Crippen molar-refractivity contribution in [3.8, 4) is 0 Å². The number of aryl methyl sites for hydroxylation is 2. The summed E-state index contributed by atoms with van der Waals surface area (Å²) in [5, 5.41) is 5.78. The average Bonchev–Trinajstić information content (AvgIpc) is 2.60. The van der Waals surface area contributed by atoms with Gasteiger partial charge in [-0.05, 0) is 36.8 Å². The number of rotatable bonds is 6. The number of carbonyl (C=O) groups is 2. The van der Waals surface area contributed by atoms with Gasteiger partial charge in [0.2, 0.25) is 11.8 Å². The topological polar surface area (TPSA) is 58.2 Å². The second-order valence-corrected chi connectivity index (χ2v) is 6.26. The monoisotopic (exact) mass is 316 g/mol. The molecule has 1 fully saturated rings. The molecule has 1 aromatic carbocycles. The molecule has 4 heteroatoms. The summed E-state index contributed by atoms with van der Waals surface area (Å²) in [5.74, 6) is -0.0326. The van der Waals surface area contributed by atoms with Crippen molar-refractivity contribution in [2.75, 3.05) is 11.9 Å². The van der Waals surface area contributed by atoms with Crippen molar-refractivity contribution in [3.63, 3.8) is 0 Å². The maximum atomic E-state index is 12.2. The van der Waals surface area contributed by atoms with E-state index in [4.69, 9.17) is 0 Å². The molecule has 4 nitrogen and oxygen atoms in total. The third-order valence-corrected chi connectivity index (χ3v) is 4.66. The van der Waals surface area contributed by atoms with Crippen molar-refractivity contribution in [2.45, 2.75) is 58.8 Å². The maximum Gasteiger partial charge on any atom is 0.243 e. The van der Waals surface area contributed by atoms with Crippen LogP contribution in [0, 0.1) is 5.92 Å². The fourth-order valence-electron chi connectivity index (χ4n) is 3.26. The van der Waals surface area contributed by atoms with E-state index in [9.17, 15) is 9.59 Å². The molecule has 23 heavy (non-hydrogen) atoms. The highest BCUT2D eigenvalue weighted by atomic mass is 16.2. The van der Waals surface area contributed by atoms with Gasteiger partial charge >= 0.3 is 0 Å². The normalized spacial score (nSPS) is 15.2. The summed E-state index contributed by atoms with van der Waals surface area (Å²) in [6.07, 6.45) is 7.11. The molecule has 0 aliphatic heterocycles. The summed E-state index contributed by atoms with van der Waals surface area (Å²) in [6, 6.07) is 6.10. The van der Waals surface area contributed by atoms with Crippen LogP contribution in [-0.4, -0.2) is 18.4 Å². The van der Waals surface area contributed by atoms with E-state index in [-0.39, 0.29) is 24.3 Å². The number of para-hydroxylation sites is 1. The molecule has 2 amide bonds. The Morgan fingerprint density at radius 3 is 2.22 bits per heavy atom. The van der Waals surface area contributed by atoms with Gasteiger partial charge in [-0.1, -0.05) is 51.3 Å². The predicted octanol–water partition coefficient (Wildman–Crippen LogP) is 3.45. The second-order valence-electron chi connectivity index (χ2n) is 6.26. The van der Waals surface area contributed by atoms with E-state index in [2.05, 4.69) is 24.5 Å². The highest BCUT2D eigenvalue weighted by molar-refractivity contribution is 5.96. The lowest BCUT2D eigenvalue weighted by molar-refractivity contribution is -0.128. The lowest BCUT2D eigenvalue weighted by atomic mass is 9.89. The summed E-state index contributed by atoms with van der Waals surface area (Å²) < 4.78 is 0. The van der Waals surface area contributed by atoms with Crippen molar-refractivity contribution in [2.24, 2.45) is 5.92 Å². The standard InChI is InChI=1S/C19H28N2O2/c1-3-14-11-8-12-15(4-2)18(14)21-17(22)13-20-19(23)16-9-6-5-7-10-16/h8,11-12,16H,3-7,9-10,13H2,1-2H3,(H,20,23)(H,21,22). The third-order valence-electron chi connectivity index (χ3n) is 4.66. The molecule has 0 unspecified atom stereocenters. The zero-order valence-corrected chi connectivity index (χ0v) is 14.3. The molecule has 1 aliphatic carbocycles. The minimum Gasteiger partial charge on any atom is -0.347 e. The molecular formula is C19H28N2O2. The lowest BCUT2D eigenvalue weighted by Gasteiger charge is -2.21. The second kappa shape index (κ2) is 8.70. The van der Waals surface area contributed by atoms with E-state index in [1.165, 1.54) is 6.42 Å². The van der Waals surface area contributed by atoms with E-state index in [1.54, 1.807) is 0 Å². The fourth-order valence-corrected chi connectivity index (χ4v) is 3.26. The summed E-state index contributed by atoms with van der Waals surface area (Å²) in [6.45, 7) is 4.21. The van der Waals surface area contributed by atoms with Gasteiger partial charge in [0, 0.05) is 11.6 Å². The molecule has 0 aromatic heterocycles. The van der Waals surface area contributed by atoms with Gasteiger partial charge in [0.05, 0.1) is 6.54 Å². The minimum absolute atomic E-state index is 0.0272. The molecular weight excluding hydrogens is 288 g/mol. The number of carbonyl (C=O) groups excluding carboxylic acids is 2. The largest absolute Gasteiger partial charge is 0.347 e. The molecule has 0 heterocycles. The average molecular weight is 316 g/mol. The van der Waals surface area contributed by atoms with Crippen LogP contribution in [-0.2, 0) is 22.4 Å². The molecule has 2 N–H and O–H groups in total. The molecule has 0 radical (unpaired) electrons. The quantitative estimate of drug-likeness (QED) is 0.844. The van der Waals surface area contributed by atoms with Crippen molar-refractivity contribution < 1.29 is 9.59 Å². The van der Waals surface area contributed by atoms with Gasteiger partial charge in [-0.25, -0.2) is 0 Å². The van der Waals surface area contributed by atoms with Gasteiger partial charge in [-0.3, -0.25) is 9.59 Å². The smallest absolute Gasteiger partial charge is 0.243 e. The molecule has 1 saturated carbocycles. The van der Waals surface area contributed by atoms with Crippen LogP contribution in [0.15, 0.2) is 18.2 Å². The van der Waals surface area contributed by atoms with Gasteiger partial charge in [0.1, 0.15) is 0 Å². The number of hydrogen-bond donors (Lipinski definition) is 2. The van der Waals surface area contributed by atoms with Gasteiger partial charge in [-0.2, -0.15) is 0 Å². The van der Waals surface area contributed by atoms with Crippen LogP contribution in [0.5, 0.6) is 0 Å². The lowest BCUT2D eigenvalue weighted by Crippen LogP contribution is -2.37. The Balaban J connectivity index is 1.91. The highest BCUT2D eigenvalue weighted by Crippen LogP contribution is 2.24. The first-order valence-corrected chi connectivity index (χ1v) is 8.84. The van der Waals surface area contributed by atoms with Crippen LogP contribution < -0.4 is 10.6 Å². The van der Waals surface area contributed by atoms with Crippen LogP contribution in [0.3, 0.4) is 0 Å². The number of amides is 2. The molecule has 0 atom stereocenters. The first-order chi connectivity index (χ1) is 11.2. The number of hydrogen-bond acceptors (Lipinski definition) is 2. The minimum atomic E-state index is -0.148. The summed E-state index contributed by atoms with van der Waals surface area (Å²) >= 11 is 0. The van der Waals surface area contributed by atoms with Crippen molar-refractivity contribution >= 4 is 17.5 Å². The van der Waals surface area contributed by atoms with Crippen molar-refractivity contribution in [3.05, 3.63) is 29.3 Å².